The Bertz CT molecular complexity index is 575. The Morgan fingerprint density at radius 1 is 0.320 bits per heavy atom. The van der Waals surface area contributed by atoms with E-state index in [2.05, 4.69) is 27.7 Å². The Morgan fingerprint density at radius 3 is 0.720 bits per heavy atom. The van der Waals surface area contributed by atoms with Crippen molar-refractivity contribution in [3.8, 4) is 0 Å². The molecule has 2 nitrogen and oxygen atoms in total. The van der Waals surface area contributed by atoms with Crippen LogP contribution in [0.2, 0.25) is 0 Å². The highest BCUT2D eigenvalue weighted by Crippen LogP contribution is 2.20. The van der Waals surface area contributed by atoms with Crippen molar-refractivity contribution < 1.29 is 9.90 Å². The molecule has 1 N–H and O–H groups in total. The van der Waals surface area contributed by atoms with Gasteiger partial charge in [-0.1, -0.05) is 259 Å². The summed E-state index contributed by atoms with van der Waals surface area (Å²) >= 11 is 0. The van der Waals surface area contributed by atoms with E-state index in [-0.39, 0.29) is 0 Å². The van der Waals surface area contributed by atoms with Crippen LogP contribution in [0.3, 0.4) is 0 Å². The zero-order chi connectivity index (χ0) is 36.9. The van der Waals surface area contributed by atoms with Gasteiger partial charge in [0.25, 0.3) is 0 Å². The van der Waals surface area contributed by atoms with Gasteiger partial charge >= 0.3 is 0 Å². The van der Waals surface area contributed by atoms with E-state index in [1.807, 2.05) is 0 Å². The Kier molecular flexibility index (Phi) is 50.3. The third-order valence-electron chi connectivity index (χ3n) is 11.2. The third kappa shape index (κ3) is 45.7. The van der Waals surface area contributed by atoms with Gasteiger partial charge < -0.3 is 9.90 Å². The van der Waals surface area contributed by atoms with Gasteiger partial charge in [-0.15, -0.1) is 0 Å². The van der Waals surface area contributed by atoms with Crippen molar-refractivity contribution >= 4 is 6.29 Å². The summed E-state index contributed by atoms with van der Waals surface area (Å²) < 4.78 is 0. The van der Waals surface area contributed by atoms with Crippen molar-refractivity contribution in [2.24, 2.45) is 11.8 Å². The van der Waals surface area contributed by atoms with Crippen LogP contribution in [0.4, 0.5) is 0 Å². The summed E-state index contributed by atoms with van der Waals surface area (Å²) in [5.74, 6) is 0.920. The molecule has 0 fully saturated rings. The van der Waals surface area contributed by atoms with Gasteiger partial charge in [-0.2, -0.15) is 0 Å². The summed E-state index contributed by atoms with van der Waals surface area (Å²) in [5, 5.41) is 9.57. The second-order valence-corrected chi connectivity index (χ2v) is 16.4. The zero-order valence-electron chi connectivity index (χ0n) is 35.6. The van der Waals surface area contributed by atoms with Gasteiger partial charge in [-0.3, -0.25) is 0 Å². The largest absolute Gasteiger partial charge is 0.396 e. The van der Waals surface area contributed by atoms with E-state index in [0.717, 1.165) is 12.8 Å². The minimum absolute atomic E-state index is 0.342. The molecule has 0 rings (SSSR count). The molecule has 0 aromatic heterocycles. The van der Waals surface area contributed by atoms with Gasteiger partial charge in [0.1, 0.15) is 6.29 Å². The van der Waals surface area contributed by atoms with Crippen LogP contribution in [0, 0.1) is 11.8 Å². The average molecular weight is 707 g/mol. The Hall–Kier alpha value is -0.370. The molecule has 2 atom stereocenters. The highest BCUT2D eigenvalue weighted by Gasteiger charge is 2.08. The fraction of sp³-hybridized carbons (Fsp3) is 0.979. The van der Waals surface area contributed by atoms with Gasteiger partial charge in [-0.25, -0.2) is 0 Å². The number of aliphatic hydroxyl groups excluding tert-OH is 1. The summed E-state index contributed by atoms with van der Waals surface area (Å²) in [6, 6.07) is 0. The molecule has 0 aliphatic rings. The van der Waals surface area contributed by atoms with Crippen LogP contribution in [0.25, 0.3) is 0 Å². The predicted molar refractivity (Wildman–Crippen MR) is 228 cm³/mol. The zero-order valence-corrected chi connectivity index (χ0v) is 35.6. The Balaban J connectivity index is 0. The van der Waals surface area contributed by atoms with E-state index in [4.69, 9.17) is 0 Å². The smallest absolute Gasteiger partial charge is 0.123 e. The van der Waals surface area contributed by atoms with Crippen LogP contribution in [-0.4, -0.2) is 18.0 Å². The molecule has 0 saturated carbocycles. The van der Waals surface area contributed by atoms with Crippen molar-refractivity contribution in [1.82, 2.24) is 0 Å². The van der Waals surface area contributed by atoms with Crippen molar-refractivity contribution in [2.45, 2.75) is 285 Å². The molecule has 0 radical (unpaired) electrons. The fourth-order valence-corrected chi connectivity index (χ4v) is 7.53. The summed E-state index contributed by atoms with van der Waals surface area (Å²) in [4.78, 5) is 11.2. The first-order chi connectivity index (χ1) is 24.7. The number of unbranched alkanes of at least 4 members (excludes halogenated alkanes) is 32. The fourth-order valence-electron chi connectivity index (χ4n) is 7.53. The van der Waals surface area contributed by atoms with Gasteiger partial charge in [0, 0.05) is 12.5 Å². The molecule has 0 aliphatic heterocycles. The van der Waals surface area contributed by atoms with Crippen molar-refractivity contribution in [3.63, 3.8) is 0 Å². The first kappa shape index (κ1) is 51.7. The lowest BCUT2D eigenvalue weighted by Crippen LogP contribution is -2.06. The van der Waals surface area contributed by atoms with Crippen molar-refractivity contribution in [3.05, 3.63) is 0 Å². The van der Waals surface area contributed by atoms with Crippen LogP contribution in [0.5, 0.6) is 0 Å². The van der Waals surface area contributed by atoms with Crippen molar-refractivity contribution in [1.29, 1.82) is 0 Å². The van der Waals surface area contributed by atoms with Crippen LogP contribution in [0.1, 0.15) is 285 Å². The van der Waals surface area contributed by atoms with Gasteiger partial charge in [0.2, 0.25) is 0 Å². The van der Waals surface area contributed by atoms with Gasteiger partial charge in [0.05, 0.1) is 0 Å². The van der Waals surface area contributed by atoms with Crippen LogP contribution >= 0.6 is 0 Å². The molecule has 302 valence electrons. The number of aldehydes is 1. The number of hydrogen-bond donors (Lipinski definition) is 1. The maximum absolute atomic E-state index is 11.2. The maximum atomic E-state index is 11.2. The van der Waals surface area contributed by atoms with Gasteiger partial charge in [-0.05, 0) is 31.6 Å². The molecule has 0 aromatic carbocycles. The normalized spacial score (nSPS) is 12.5. The topological polar surface area (TPSA) is 37.3 Å². The molecule has 2 unspecified atom stereocenters. The van der Waals surface area contributed by atoms with Crippen molar-refractivity contribution in [2.75, 3.05) is 6.61 Å². The van der Waals surface area contributed by atoms with E-state index in [9.17, 15) is 9.90 Å². The second kappa shape index (κ2) is 48.6. The van der Waals surface area contributed by atoms with E-state index in [1.54, 1.807) is 0 Å². The lowest BCUT2D eigenvalue weighted by atomic mass is 9.94. The number of carbonyl (C=O) groups is 1. The lowest BCUT2D eigenvalue weighted by molar-refractivity contribution is -0.111. The first-order valence-corrected chi connectivity index (χ1v) is 23.8. The number of rotatable bonds is 42. The predicted octanol–water partition coefficient (Wildman–Crippen LogP) is 17.1. The average Bonchev–Trinajstić information content (AvgIpc) is 3.13. The monoisotopic (exact) mass is 707 g/mol. The number of hydrogen-bond acceptors (Lipinski definition) is 2. The summed E-state index contributed by atoms with van der Waals surface area (Å²) in [6.45, 7) is 9.53. The molecule has 50 heavy (non-hydrogen) atoms. The molecule has 0 heterocycles. The molecular weight excluding hydrogens is 609 g/mol. The second-order valence-electron chi connectivity index (χ2n) is 16.4. The molecule has 0 saturated heterocycles. The van der Waals surface area contributed by atoms with E-state index in [0.29, 0.717) is 18.4 Å². The molecule has 0 amide bonds. The lowest BCUT2D eigenvalue weighted by Gasteiger charge is -2.13. The molecular formula is C48H98O2. The number of aliphatic hydroxyl groups is 1. The quantitative estimate of drug-likeness (QED) is 0.0507. The highest BCUT2D eigenvalue weighted by molar-refractivity contribution is 5.53. The summed E-state index contributed by atoms with van der Waals surface area (Å²) in [5.41, 5.74) is 0. The standard InChI is InChI=1S/C24H50O.C24H48O/c2*1-3-5-7-9-11-13-14-16-18-20-22-24(23-25)21-19-17-15-12-10-8-6-4-2/h24-25H,3-23H2,1-2H3;23-24H,3-22H2,1-2H3. The van der Waals surface area contributed by atoms with E-state index >= 15 is 0 Å². The maximum Gasteiger partial charge on any atom is 0.123 e. The minimum Gasteiger partial charge on any atom is -0.396 e. The van der Waals surface area contributed by atoms with E-state index in [1.165, 1.54) is 250 Å². The third-order valence-corrected chi connectivity index (χ3v) is 11.2. The number of carbonyl (C=O) groups excluding carboxylic acids is 1. The molecule has 2 heteroatoms. The van der Waals surface area contributed by atoms with Crippen LogP contribution < -0.4 is 0 Å². The first-order valence-electron chi connectivity index (χ1n) is 23.8. The minimum atomic E-state index is 0.342. The molecule has 0 spiro atoms. The van der Waals surface area contributed by atoms with E-state index < -0.39 is 0 Å². The van der Waals surface area contributed by atoms with Crippen LogP contribution in [0.15, 0.2) is 0 Å². The highest BCUT2D eigenvalue weighted by atomic mass is 16.3. The van der Waals surface area contributed by atoms with Gasteiger partial charge in [0.15, 0.2) is 0 Å². The SMILES string of the molecule is CCCCCCCCCCCCC(C=O)CCCCCCCCCC.CCCCCCCCCCCCC(CO)CCCCCCCCCC. The molecule has 0 aromatic rings. The van der Waals surface area contributed by atoms with Crippen LogP contribution in [-0.2, 0) is 4.79 Å². The summed E-state index contributed by atoms with van der Waals surface area (Å²) in [7, 11) is 0. The summed E-state index contributed by atoms with van der Waals surface area (Å²) in [6.07, 6.45) is 55.9. The Morgan fingerprint density at radius 2 is 0.520 bits per heavy atom. The Labute approximate surface area is 318 Å². The molecule has 0 aliphatic carbocycles. The molecule has 0 bridgehead atoms.